The van der Waals surface area contributed by atoms with E-state index in [0.29, 0.717) is 6.61 Å². The van der Waals surface area contributed by atoms with E-state index in [1.165, 1.54) is 5.56 Å². The molecular weight excluding hydrogens is 276 g/mol. The molecule has 116 valence electrons. The number of aliphatic hydroxyl groups excluding tert-OH is 1. The quantitative estimate of drug-likeness (QED) is 0.754. The molecular formula is C19H22O3. The van der Waals surface area contributed by atoms with Gasteiger partial charge < -0.3 is 14.6 Å². The van der Waals surface area contributed by atoms with E-state index in [1.54, 1.807) is 13.2 Å². The van der Waals surface area contributed by atoms with Gasteiger partial charge in [-0.3, -0.25) is 0 Å². The smallest absolute Gasteiger partial charge is 0.161 e. The molecule has 2 aromatic rings. The van der Waals surface area contributed by atoms with Gasteiger partial charge in [0, 0.05) is 0 Å². The number of ether oxygens (including phenoxy) is 2. The molecule has 3 nitrogen and oxygen atoms in total. The first-order chi connectivity index (χ1) is 10.8. The molecule has 0 aliphatic heterocycles. The zero-order chi connectivity index (χ0) is 15.6. The molecule has 0 unspecified atom stereocenters. The Bertz CT molecular complexity index is 591. The van der Waals surface area contributed by atoms with Crippen molar-refractivity contribution in [2.45, 2.75) is 19.4 Å². The van der Waals surface area contributed by atoms with E-state index in [9.17, 15) is 0 Å². The molecule has 0 aliphatic rings. The van der Waals surface area contributed by atoms with E-state index in [4.69, 9.17) is 14.6 Å². The van der Waals surface area contributed by atoms with Crippen molar-refractivity contribution < 1.29 is 14.6 Å². The molecule has 0 amide bonds. The topological polar surface area (TPSA) is 38.7 Å². The van der Waals surface area contributed by atoms with Crippen LogP contribution in [0.1, 0.15) is 17.5 Å². The highest BCUT2D eigenvalue weighted by molar-refractivity contribution is 5.43. The van der Waals surface area contributed by atoms with E-state index in [2.05, 4.69) is 6.07 Å². The van der Waals surface area contributed by atoms with Crippen LogP contribution < -0.4 is 9.47 Å². The van der Waals surface area contributed by atoms with E-state index in [1.807, 2.05) is 48.5 Å². The summed E-state index contributed by atoms with van der Waals surface area (Å²) in [5.41, 5.74) is 2.31. The molecule has 2 aromatic carbocycles. The largest absolute Gasteiger partial charge is 0.493 e. The third kappa shape index (κ3) is 4.93. The summed E-state index contributed by atoms with van der Waals surface area (Å²) in [5.74, 6) is 1.50. The summed E-state index contributed by atoms with van der Waals surface area (Å²) in [4.78, 5) is 0. The summed E-state index contributed by atoms with van der Waals surface area (Å²) in [5, 5.41) is 8.71. The van der Waals surface area contributed by atoms with Gasteiger partial charge in [-0.2, -0.15) is 0 Å². The monoisotopic (exact) mass is 298 g/mol. The summed E-state index contributed by atoms with van der Waals surface area (Å²) in [6, 6.07) is 16.1. The Hall–Kier alpha value is -2.26. The van der Waals surface area contributed by atoms with Gasteiger partial charge in [-0.05, 0) is 36.1 Å². The van der Waals surface area contributed by atoms with Gasteiger partial charge in [0.15, 0.2) is 11.5 Å². The highest BCUT2D eigenvalue weighted by Gasteiger charge is 2.06. The molecule has 0 atom stereocenters. The second-order valence-corrected chi connectivity index (χ2v) is 4.95. The molecule has 0 radical (unpaired) electrons. The summed E-state index contributed by atoms with van der Waals surface area (Å²) >= 11 is 0. The molecule has 1 N–H and O–H groups in total. The Labute approximate surface area is 131 Å². The second-order valence-electron chi connectivity index (χ2n) is 4.95. The predicted octanol–water partition coefficient (Wildman–Crippen LogP) is 3.76. The van der Waals surface area contributed by atoms with Crippen LogP contribution in [-0.4, -0.2) is 18.8 Å². The van der Waals surface area contributed by atoms with Crippen molar-refractivity contribution in [3.8, 4) is 11.5 Å². The highest BCUT2D eigenvalue weighted by Crippen LogP contribution is 2.29. The Morgan fingerprint density at radius 1 is 0.955 bits per heavy atom. The molecule has 0 saturated carbocycles. The standard InChI is InChI=1S/C19H22O3/c1-21-19-14-16(8-6-3-7-13-20)11-12-18(19)22-15-17-9-4-2-5-10-17/h2-5,7,9-12,14,20H,6,8,13,15H2,1H3/b7-3+. The highest BCUT2D eigenvalue weighted by atomic mass is 16.5. The number of allylic oxidation sites excluding steroid dienone is 1. The van der Waals surface area contributed by atoms with Gasteiger partial charge in [0.2, 0.25) is 0 Å². The van der Waals surface area contributed by atoms with Crippen LogP contribution in [-0.2, 0) is 13.0 Å². The van der Waals surface area contributed by atoms with Crippen LogP contribution in [0.3, 0.4) is 0 Å². The lowest BCUT2D eigenvalue weighted by molar-refractivity contribution is 0.284. The van der Waals surface area contributed by atoms with Crippen LogP contribution in [0, 0.1) is 0 Å². The normalized spacial score (nSPS) is 10.8. The molecule has 3 heteroatoms. The van der Waals surface area contributed by atoms with Crippen molar-refractivity contribution in [3.63, 3.8) is 0 Å². The molecule has 0 bridgehead atoms. The number of rotatable bonds is 8. The summed E-state index contributed by atoms with van der Waals surface area (Å²) in [7, 11) is 1.65. The number of methoxy groups -OCH3 is 1. The fourth-order valence-electron chi connectivity index (χ4n) is 2.16. The zero-order valence-electron chi connectivity index (χ0n) is 12.9. The lowest BCUT2D eigenvalue weighted by atomic mass is 10.1. The van der Waals surface area contributed by atoms with Crippen LogP contribution in [0.2, 0.25) is 0 Å². The van der Waals surface area contributed by atoms with Crippen molar-refractivity contribution in [2.24, 2.45) is 0 Å². The maximum Gasteiger partial charge on any atom is 0.161 e. The van der Waals surface area contributed by atoms with Gasteiger partial charge in [0.05, 0.1) is 13.7 Å². The molecule has 0 spiro atoms. The maximum absolute atomic E-state index is 8.71. The lowest BCUT2D eigenvalue weighted by Crippen LogP contribution is -1.98. The van der Waals surface area contributed by atoms with E-state index in [-0.39, 0.29) is 6.61 Å². The minimum Gasteiger partial charge on any atom is -0.493 e. The Kier molecular flexibility index (Phi) is 6.52. The number of hydrogen-bond donors (Lipinski definition) is 1. The molecule has 0 saturated heterocycles. The first-order valence-corrected chi connectivity index (χ1v) is 7.43. The Balaban J connectivity index is 1.98. The summed E-state index contributed by atoms with van der Waals surface area (Å²) in [6.45, 7) is 0.616. The molecule has 0 heterocycles. The SMILES string of the molecule is COc1cc(CC/C=C/CO)ccc1OCc1ccccc1. The third-order valence-corrected chi connectivity index (χ3v) is 3.34. The van der Waals surface area contributed by atoms with E-state index < -0.39 is 0 Å². The van der Waals surface area contributed by atoms with E-state index >= 15 is 0 Å². The van der Waals surface area contributed by atoms with Crippen molar-refractivity contribution in [2.75, 3.05) is 13.7 Å². The first kappa shape index (κ1) is 16.1. The fraction of sp³-hybridized carbons (Fsp3) is 0.263. The number of aryl methyl sites for hydroxylation is 1. The average Bonchev–Trinajstić information content (AvgIpc) is 2.58. The summed E-state index contributed by atoms with van der Waals surface area (Å²) in [6.07, 6.45) is 5.54. The minimum atomic E-state index is 0.0928. The van der Waals surface area contributed by atoms with Gasteiger partial charge >= 0.3 is 0 Å². The van der Waals surface area contributed by atoms with Gasteiger partial charge in [-0.15, -0.1) is 0 Å². The van der Waals surface area contributed by atoms with Crippen LogP contribution in [0.4, 0.5) is 0 Å². The van der Waals surface area contributed by atoms with Crippen molar-refractivity contribution >= 4 is 0 Å². The Morgan fingerprint density at radius 3 is 2.50 bits per heavy atom. The average molecular weight is 298 g/mol. The third-order valence-electron chi connectivity index (χ3n) is 3.34. The van der Waals surface area contributed by atoms with Gasteiger partial charge in [-0.1, -0.05) is 48.6 Å². The lowest BCUT2D eigenvalue weighted by Gasteiger charge is -2.12. The first-order valence-electron chi connectivity index (χ1n) is 7.43. The summed E-state index contributed by atoms with van der Waals surface area (Å²) < 4.78 is 11.3. The van der Waals surface area contributed by atoms with Crippen molar-refractivity contribution in [3.05, 3.63) is 71.8 Å². The second kappa shape index (κ2) is 8.90. The van der Waals surface area contributed by atoms with Gasteiger partial charge in [0.1, 0.15) is 6.61 Å². The number of benzene rings is 2. The predicted molar refractivity (Wildman–Crippen MR) is 88.3 cm³/mol. The fourth-order valence-corrected chi connectivity index (χ4v) is 2.16. The molecule has 0 fully saturated rings. The van der Waals surface area contributed by atoms with Crippen molar-refractivity contribution in [1.82, 2.24) is 0 Å². The molecule has 0 aliphatic carbocycles. The maximum atomic E-state index is 8.71. The molecule has 22 heavy (non-hydrogen) atoms. The van der Waals surface area contributed by atoms with Gasteiger partial charge in [-0.25, -0.2) is 0 Å². The van der Waals surface area contributed by atoms with Gasteiger partial charge in [0.25, 0.3) is 0 Å². The minimum absolute atomic E-state index is 0.0928. The van der Waals surface area contributed by atoms with Crippen LogP contribution in [0.15, 0.2) is 60.7 Å². The number of hydrogen-bond acceptors (Lipinski definition) is 3. The van der Waals surface area contributed by atoms with Crippen LogP contribution in [0.25, 0.3) is 0 Å². The molecule has 2 rings (SSSR count). The van der Waals surface area contributed by atoms with Crippen LogP contribution in [0.5, 0.6) is 11.5 Å². The van der Waals surface area contributed by atoms with Crippen molar-refractivity contribution in [1.29, 1.82) is 0 Å². The molecule has 0 aromatic heterocycles. The Morgan fingerprint density at radius 2 is 1.77 bits per heavy atom. The van der Waals surface area contributed by atoms with Crippen LogP contribution >= 0.6 is 0 Å². The van der Waals surface area contributed by atoms with E-state index in [0.717, 1.165) is 29.9 Å². The number of aliphatic hydroxyl groups is 1. The zero-order valence-corrected chi connectivity index (χ0v) is 12.9.